The fourth-order valence-electron chi connectivity index (χ4n) is 4.84. The van der Waals surface area contributed by atoms with Gasteiger partial charge in [0.25, 0.3) is 0 Å². The van der Waals surface area contributed by atoms with Crippen molar-refractivity contribution in [3.63, 3.8) is 0 Å². The van der Waals surface area contributed by atoms with Gasteiger partial charge < -0.3 is 9.32 Å². The van der Waals surface area contributed by atoms with E-state index in [0.717, 1.165) is 56.6 Å². The van der Waals surface area contributed by atoms with Crippen LogP contribution in [0.5, 0.6) is 0 Å². The lowest BCUT2D eigenvalue weighted by molar-refractivity contribution is 0.563. The number of benzene rings is 4. The Morgan fingerprint density at radius 1 is 0.757 bits per heavy atom. The maximum absolute atomic E-state index is 13.1. The summed E-state index contributed by atoms with van der Waals surface area (Å²) >= 11 is 1.52. The molecule has 2 heterocycles. The van der Waals surface area contributed by atoms with E-state index in [9.17, 15) is 4.79 Å². The van der Waals surface area contributed by atoms with E-state index in [4.69, 9.17) is 9.40 Å². The Kier molecular flexibility index (Phi) is 6.07. The first-order valence-electron chi connectivity index (χ1n) is 12.5. The van der Waals surface area contributed by atoms with Crippen LogP contribution >= 0.6 is 11.3 Å². The van der Waals surface area contributed by atoms with Crippen LogP contribution in [0.2, 0.25) is 0 Å². The summed E-state index contributed by atoms with van der Waals surface area (Å²) in [6, 6.07) is 33.0. The van der Waals surface area contributed by atoms with E-state index in [1.165, 1.54) is 11.3 Å². The number of hydrogen-bond donors (Lipinski definition) is 0. The fraction of sp³-hybridized carbons (Fsp3) is 0.125. The van der Waals surface area contributed by atoms with Crippen molar-refractivity contribution in [2.75, 3.05) is 18.0 Å². The van der Waals surface area contributed by atoms with Gasteiger partial charge in [0.2, 0.25) is 0 Å². The van der Waals surface area contributed by atoms with Crippen LogP contribution in [-0.2, 0) is 0 Å². The lowest BCUT2D eigenvalue weighted by Gasteiger charge is -2.20. The molecule has 0 saturated carbocycles. The summed E-state index contributed by atoms with van der Waals surface area (Å²) in [4.78, 5) is 20.2. The molecular formula is C32H26N2O2S. The topological polar surface area (TPSA) is 46.3 Å². The van der Waals surface area contributed by atoms with Crippen molar-refractivity contribution in [3.05, 3.63) is 107 Å². The summed E-state index contributed by atoms with van der Waals surface area (Å²) in [6.45, 7) is 6.02. The average molecular weight is 503 g/mol. The molecule has 6 rings (SSSR count). The molecule has 0 spiro atoms. The SMILES string of the molecule is CCN(CC)c1ccc2cc(-c3nc4cc(-c5ccccc5)c(-c5ccccc5)cc4s3)c(=O)oc2c1. The fourth-order valence-corrected chi connectivity index (χ4v) is 5.83. The molecular weight excluding hydrogens is 476 g/mol. The van der Waals surface area contributed by atoms with Gasteiger partial charge in [0, 0.05) is 30.2 Å². The molecule has 0 fully saturated rings. The molecule has 0 atom stereocenters. The van der Waals surface area contributed by atoms with E-state index in [1.54, 1.807) is 0 Å². The van der Waals surface area contributed by atoms with Crippen LogP contribution in [0.3, 0.4) is 0 Å². The minimum atomic E-state index is -0.366. The van der Waals surface area contributed by atoms with Crippen LogP contribution in [0.15, 0.2) is 106 Å². The predicted molar refractivity (Wildman–Crippen MR) is 156 cm³/mol. The van der Waals surface area contributed by atoms with E-state index < -0.39 is 0 Å². The van der Waals surface area contributed by atoms with Gasteiger partial charge in [0.15, 0.2) is 0 Å². The van der Waals surface area contributed by atoms with Crippen LogP contribution in [0, 0.1) is 0 Å². The number of hydrogen-bond acceptors (Lipinski definition) is 5. The monoisotopic (exact) mass is 502 g/mol. The normalized spacial score (nSPS) is 11.3. The summed E-state index contributed by atoms with van der Waals surface area (Å²) in [5, 5.41) is 1.56. The first kappa shape index (κ1) is 23.2. The number of anilines is 1. The second kappa shape index (κ2) is 9.68. The second-order valence-electron chi connectivity index (χ2n) is 8.96. The van der Waals surface area contributed by atoms with E-state index >= 15 is 0 Å². The quantitative estimate of drug-likeness (QED) is 0.215. The third kappa shape index (κ3) is 4.32. The van der Waals surface area contributed by atoms with E-state index in [0.29, 0.717) is 16.2 Å². The molecule has 0 radical (unpaired) electrons. The Balaban J connectivity index is 1.49. The average Bonchev–Trinajstić information content (AvgIpc) is 3.36. The molecule has 0 N–H and O–H groups in total. The molecule has 182 valence electrons. The molecule has 0 aliphatic heterocycles. The van der Waals surface area contributed by atoms with Gasteiger partial charge in [-0.15, -0.1) is 11.3 Å². The maximum atomic E-state index is 13.1. The first-order chi connectivity index (χ1) is 18.1. The lowest BCUT2D eigenvalue weighted by Crippen LogP contribution is -2.21. The van der Waals surface area contributed by atoms with Crippen molar-refractivity contribution in [1.82, 2.24) is 4.98 Å². The highest BCUT2D eigenvalue weighted by molar-refractivity contribution is 7.21. The van der Waals surface area contributed by atoms with Crippen LogP contribution < -0.4 is 10.5 Å². The molecule has 37 heavy (non-hydrogen) atoms. The van der Waals surface area contributed by atoms with Gasteiger partial charge in [-0.3, -0.25) is 0 Å². The molecule has 0 aliphatic carbocycles. The summed E-state index contributed by atoms with van der Waals surface area (Å²) in [5.74, 6) is 0. The zero-order valence-electron chi connectivity index (χ0n) is 20.8. The van der Waals surface area contributed by atoms with Crippen LogP contribution in [0.4, 0.5) is 5.69 Å². The van der Waals surface area contributed by atoms with Crippen molar-refractivity contribution in [3.8, 4) is 32.8 Å². The molecule has 5 heteroatoms. The molecule has 6 aromatic rings. The predicted octanol–water partition coefficient (Wildman–Crippen LogP) is 8.25. The molecule has 0 unspecified atom stereocenters. The van der Waals surface area contributed by atoms with Crippen LogP contribution in [0.25, 0.3) is 54.0 Å². The van der Waals surface area contributed by atoms with E-state index in [1.807, 2.05) is 42.5 Å². The molecule has 4 aromatic carbocycles. The maximum Gasteiger partial charge on any atom is 0.346 e. The Hall–Kier alpha value is -4.22. The minimum Gasteiger partial charge on any atom is -0.422 e. The van der Waals surface area contributed by atoms with Gasteiger partial charge in [-0.1, -0.05) is 60.7 Å². The zero-order chi connectivity index (χ0) is 25.4. The molecule has 0 aliphatic rings. The summed E-state index contributed by atoms with van der Waals surface area (Å²) < 4.78 is 6.83. The highest BCUT2D eigenvalue weighted by Gasteiger charge is 2.17. The van der Waals surface area contributed by atoms with Crippen molar-refractivity contribution < 1.29 is 4.42 Å². The van der Waals surface area contributed by atoms with Crippen LogP contribution in [0.1, 0.15) is 13.8 Å². The third-order valence-corrected chi connectivity index (χ3v) is 7.83. The molecule has 0 bridgehead atoms. The van der Waals surface area contributed by atoms with Gasteiger partial charge in [-0.25, -0.2) is 9.78 Å². The first-order valence-corrected chi connectivity index (χ1v) is 13.3. The Morgan fingerprint density at radius 2 is 1.41 bits per heavy atom. The van der Waals surface area contributed by atoms with Gasteiger partial charge in [-0.2, -0.15) is 0 Å². The van der Waals surface area contributed by atoms with E-state index in [2.05, 4.69) is 73.3 Å². The smallest absolute Gasteiger partial charge is 0.346 e. The molecule has 0 amide bonds. The molecule has 2 aromatic heterocycles. The highest BCUT2D eigenvalue weighted by Crippen LogP contribution is 2.39. The van der Waals surface area contributed by atoms with Gasteiger partial charge in [-0.05, 0) is 66.4 Å². The number of rotatable bonds is 6. The summed E-state index contributed by atoms with van der Waals surface area (Å²) in [6.07, 6.45) is 0. The standard InChI is InChI=1S/C32H26N2O2S/c1-3-34(4-2)24-16-15-23-17-27(32(35)36-29(23)18-24)31-33-28-19-25(21-11-7-5-8-12-21)26(20-30(28)37-31)22-13-9-6-10-14-22/h5-20H,3-4H2,1-2H3. The number of nitrogens with zero attached hydrogens (tertiary/aromatic N) is 2. The second-order valence-corrected chi connectivity index (χ2v) is 9.99. The molecule has 4 nitrogen and oxygen atoms in total. The Morgan fingerprint density at radius 3 is 2.05 bits per heavy atom. The molecule has 0 saturated heterocycles. The third-order valence-electron chi connectivity index (χ3n) is 6.78. The van der Waals surface area contributed by atoms with Crippen molar-refractivity contribution in [2.45, 2.75) is 13.8 Å². The van der Waals surface area contributed by atoms with Gasteiger partial charge in [0.05, 0.1) is 15.8 Å². The zero-order valence-corrected chi connectivity index (χ0v) is 21.6. The van der Waals surface area contributed by atoms with Crippen molar-refractivity contribution >= 4 is 38.2 Å². The lowest BCUT2D eigenvalue weighted by atomic mass is 9.94. The largest absolute Gasteiger partial charge is 0.422 e. The number of thiazole rings is 1. The van der Waals surface area contributed by atoms with Gasteiger partial charge >= 0.3 is 5.63 Å². The number of aromatic nitrogens is 1. The van der Waals surface area contributed by atoms with E-state index in [-0.39, 0.29) is 5.63 Å². The van der Waals surface area contributed by atoms with Crippen LogP contribution in [-0.4, -0.2) is 18.1 Å². The van der Waals surface area contributed by atoms with Crippen molar-refractivity contribution in [1.29, 1.82) is 0 Å². The minimum absolute atomic E-state index is 0.366. The summed E-state index contributed by atoms with van der Waals surface area (Å²) in [7, 11) is 0. The van der Waals surface area contributed by atoms with Crippen molar-refractivity contribution in [2.24, 2.45) is 0 Å². The number of fused-ring (bicyclic) bond motifs is 2. The summed E-state index contributed by atoms with van der Waals surface area (Å²) in [5.41, 5.74) is 7.18. The van der Waals surface area contributed by atoms with Gasteiger partial charge in [0.1, 0.15) is 10.6 Å². The Bertz CT molecular complexity index is 1690. The highest BCUT2D eigenvalue weighted by atomic mass is 32.1. The Labute approximate surface area is 219 Å².